The van der Waals surface area contributed by atoms with Gasteiger partial charge >= 0.3 is 0 Å². The second kappa shape index (κ2) is 6.10. The molecule has 2 heterocycles. The van der Waals surface area contributed by atoms with Crippen LogP contribution < -0.4 is 0 Å². The Kier molecular flexibility index (Phi) is 4.01. The van der Waals surface area contributed by atoms with E-state index in [2.05, 4.69) is 36.3 Å². The molecule has 0 saturated carbocycles. The lowest BCUT2D eigenvalue weighted by atomic mass is 10.0. The molecule has 1 fully saturated rings. The standard InChI is InChI=1S/C16H18N2O3/c1-2-12-3-5-13(6-4-12)15-11-18(8-10-20-15)16(19)14-7-9-21-17-14/h3-7,9,15H,2,8,10-11H2,1H3. The Labute approximate surface area is 123 Å². The maximum absolute atomic E-state index is 12.3. The van der Waals surface area contributed by atoms with Crippen LogP contribution in [0.3, 0.4) is 0 Å². The van der Waals surface area contributed by atoms with E-state index >= 15 is 0 Å². The minimum absolute atomic E-state index is 0.0829. The number of morpholine rings is 1. The molecule has 1 unspecified atom stereocenters. The van der Waals surface area contributed by atoms with Crippen molar-refractivity contribution in [2.24, 2.45) is 0 Å². The van der Waals surface area contributed by atoms with E-state index in [0.717, 1.165) is 12.0 Å². The van der Waals surface area contributed by atoms with Crippen LogP contribution >= 0.6 is 0 Å². The normalized spacial score (nSPS) is 18.7. The number of nitrogens with zero attached hydrogens (tertiary/aromatic N) is 2. The fraction of sp³-hybridized carbons (Fsp3) is 0.375. The number of carbonyl (C=O) groups is 1. The third-order valence-corrected chi connectivity index (χ3v) is 3.77. The van der Waals surface area contributed by atoms with Gasteiger partial charge in [-0.2, -0.15) is 0 Å². The second-order valence-electron chi connectivity index (χ2n) is 5.09. The molecule has 1 atom stereocenters. The van der Waals surface area contributed by atoms with Gasteiger partial charge in [-0.05, 0) is 17.5 Å². The Morgan fingerprint density at radius 3 is 2.81 bits per heavy atom. The van der Waals surface area contributed by atoms with E-state index in [1.165, 1.54) is 11.8 Å². The highest BCUT2D eigenvalue weighted by Gasteiger charge is 2.27. The van der Waals surface area contributed by atoms with Gasteiger partial charge in [0.1, 0.15) is 12.4 Å². The van der Waals surface area contributed by atoms with Crippen LogP contribution in [-0.4, -0.2) is 35.7 Å². The Morgan fingerprint density at radius 1 is 1.33 bits per heavy atom. The van der Waals surface area contributed by atoms with Crippen molar-refractivity contribution in [2.45, 2.75) is 19.4 Å². The van der Waals surface area contributed by atoms with E-state index in [1.807, 2.05) is 0 Å². The maximum atomic E-state index is 12.3. The molecule has 1 aliphatic heterocycles. The van der Waals surface area contributed by atoms with Crippen molar-refractivity contribution in [3.8, 4) is 0 Å². The Balaban J connectivity index is 1.71. The van der Waals surface area contributed by atoms with Crippen molar-refractivity contribution in [3.05, 3.63) is 53.4 Å². The van der Waals surface area contributed by atoms with Crippen molar-refractivity contribution in [2.75, 3.05) is 19.7 Å². The van der Waals surface area contributed by atoms with Crippen LogP contribution in [0.15, 0.2) is 41.1 Å². The number of aromatic nitrogens is 1. The number of carbonyl (C=O) groups excluding carboxylic acids is 1. The lowest BCUT2D eigenvalue weighted by Crippen LogP contribution is -2.42. The quantitative estimate of drug-likeness (QED) is 0.869. The van der Waals surface area contributed by atoms with Crippen LogP contribution in [0.25, 0.3) is 0 Å². The predicted octanol–water partition coefficient (Wildman–Crippen LogP) is 2.45. The summed E-state index contributed by atoms with van der Waals surface area (Å²) in [6.45, 7) is 3.78. The zero-order valence-electron chi connectivity index (χ0n) is 12.0. The zero-order chi connectivity index (χ0) is 14.7. The Morgan fingerprint density at radius 2 is 2.14 bits per heavy atom. The van der Waals surface area contributed by atoms with E-state index in [4.69, 9.17) is 9.26 Å². The molecule has 1 amide bonds. The van der Waals surface area contributed by atoms with Crippen molar-refractivity contribution in [1.82, 2.24) is 10.1 Å². The summed E-state index contributed by atoms with van der Waals surface area (Å²) in [5, 5.41) is 3.70. The number of rotatable bonds is 3. The monoisotopic (exact) mass is 286 g/mol. The molecular formula is C16H18N2O3. The van der Waals surface area contributed by atoms with Gasteiger partial charge in [0.15, 0.2) is 5.69 Å². The number of ether oxygens (including phenoxy) is 1. The molecule has 0 bridgehead atoms. The number of benzene rings is 1. The predicted molar refractivity (Wildman–Crippen MR) is 76.9 cm³/mol. The van der Waals surface area contributed by atoms with Gasteiger partial charge < -0.3 is 14.2 Å². The van der Waals surface area contributed by atoms with Gasteiger partial charge in [-0.25, -0.2) is 0 Å². The maximum Gasteiger partial charge on any atom is 0.276 e. The molecule has 2 aromatic rings. The molecule has 1 saturated heterocycles. The summed E-state index contributed by atoms with van der Waals surface area (Å²) in [5.41, 5.74) is 2.74. The lowest BCUT2D eigenvalue weighted by Gasteiger charge is -2.32. The molecule has 0 aliphatic carbocycles. The highest BCUT2D eigenvalue weighted by Crippen LogP contribution is 2.23. The van der Waals surface area contributed by atoms with E-state index in [9.17, 15) is 4.79 Å². The smallest absolute Gasteiger partial charge is 0.276 e. The molecule has 0 radical (unpaired) electrons. The summed E-state index contributed by atoms with van der Waals surface area (Å²) in [7, 11) is 0. The third kappa shape index (κ3) is 2.97. The van der Waals surface area contributed by atoms with Crippen LogP contribution in [-0.2, 0) is 11.2 Å². The minimum Gasteiger partial charge on any atom is -0.370 e. The van der Waals surface area contributed by atoms with Crippen LogP contribution in [0.4, 0.5) is 0 Å². The topological polar surface area (TPSA) is 55.6 Å². The first-order valence-corrected chi connectivity index (χ1v) is 7.18. The van der Waals surface area contributed by atoms with Gasteiger partial charge in [0.2, 0.25) is 0 Å². The molecule has 110 valence electrons. The Hall–Kier alpha value is -2.14. The molecule has 1 aliphatic rings. The number of hydrogen-bond acceptors (Lipinski definition) is 4. The number of amides is 1. The fourth-order valence-electron chi connectivity index (χ4n) is 2.49. The SMILES string of the molecule is CCc1ccc(C2CN(C(=O)c3ccon3)CCO2)cc1. The highest BCUT2D eigenvalue weighted by atomic mass is 16.5. The average molecular weight is 286 g/mol. The van der Waals surface area contributed by atoms with Gasteiger partial charge in [-0.15, -0.1) is 0 Å². The van der Waals surface area contributed by atoms with E-state index < -0.39 is 0 Å². The van der Waals surface area contributed by atoms with Gasteiger partial charge in [-0.3, -0.25) is 4.79 Å². The first-order chi connectivity index (χ1) is 10.3. The van der Waals surface area contributed by atoms with E-state index in [-0.39, 0.29) is 12.0 Å². The molecule has 0 N–H and O–H groups in total. The summed E-state index contributed by atoms with van der Waals surface area (Å²) in [6.07, 6.45) is 2.34. The van der Waals surface area contributed by atoms with Crippen LogP contribution in [0.5, 0.6) is 0 Å². The van der Waals surface area contributed by atoms with Crippen molar-refractivity contribution >= 4 is 5.91 Å². The van der Waals surface area contributed by atoms with Crippen molar-refractivity contribution in [1.29, 1.82) is 0 Å². The lowest BCUT2D eigenvalue weighted by molar-refractivity contribution is -0.0231. The second-order valence-corrected chi connectivity index (χ2v) is 5.09. The van der Waals surface area contributed by atoms with Crippen LogP contribution in [0, 0.1) is 0 Å². The van der Waals surface area contributed by atoms with Crippen LogP contribution in [0.2, 0.25) is 0 Å². The molecule has 1 aromatic heterocycles. The third-order valence-electron chi connectivity index (χ3n) is 3.77. The molecule has 1 aromatic carbocycles. The highest BCUT2D eigenvalue weighted by molar-refractivity contribution is 5.92. The molecular weight excluding hydrogens is 268 g/mol. The zero-order valence-corrected chi connectivity index (χ0v) is 12.0. The summed E-state index contributed by atoms with van der Waals surface area (Å²) in [6, 6.07) is 9.96. The summed E-state index contributed by atoms with van der Waals surface area (Å²) in [4.78, 5) is 14.0. The molecule has 3 rings (SSSR count). The first kappa shape index (κ1) is 13.8. The van der Waals surface area contributed by atoms with Gasteiger partial charge in [0, 0.05) is 12.6 Å². The number of aryl methyl sites for hydroxylation is 1. The van der Waals surface area contributed by atoms with Crippen molar-refractivity contribution in [3.63, 3.8) is 0 Å². The fourth-order valence-corrected chi connectivity index (χ4v) is 2.49. The van der Waals surface area contributed by atoms with E-state index in [1.54, 1.807) is 11.0 Å². The Bertz CT molecular complexity index is 592. The largest absolute Gasteiger partial charge is 0.370 e. The van der Waals surface area contributed by atoms with Gasteiger partial charge in [0.25, 0.3) is 5.91 Å². The van der Waals surface area contributed by atoms with Crippen LogP contribution in [0.1, 0.15) is 34.6 Å². The first-order valence-electron chi connectivity index (χ1n) is 7.18. The molecule has 0 spiro atoms. The van der Waals surface area contributed by atoms with Gasteiger partial charge in [0.05, 0.1) is 13.2 Å². The van der Waals surface area contributed by atoms with Crippen molar-refractivity contribution < 1.29 is 14.1 Å². The number of hydrogen-bond donors (Lipinski definition) is 0. The molecule has 5 nitrogen and oxygen atoms in total. The average Bonchev–Trinajstić information content (AvgIpc) is 3.09. The molecule has 21 heavy (non-hydrogen) atoms. The summed E-state index contributed by atoms with van der Waals surface area (Å²) in [5.74, 6) is -0.109. The molecule has 5 heteroatoms. The summed E-state index contributed by atoms with van der Waals surface area (Å²) < 4.78 is 10.5. The van der Waals surface area contributed by atoms with Gasteiger partial charge in [-0.1, -0.05) is 36.3 Å². The van der Waals surface area contributed by atoms with E-state index in [0.29, 0.717) is 25.4 Å². The summed E-state index contributed by atoms with van der Waals surface area (Å²) >= 11 is 0. The minimum atomic E-state index is -0.109.